The lowest BCUT2D eigenvalue weighted by atomic mass is 10.2. The summed E-state index contributed by atoms with van der Waals surface area (Å²) in [5.74, 6) is -1.23. The third-order valence-corrected chi connectivity index (χ3v) is 3.63. The van der Waals surface area contributed by atoms with E-state index < -0.39 is 29.5 Å². The third kappa shape index (κ3) is 3.27. The average Bonchev–Trinajstić information content (AvgIpc) is 2.59. The molecule has 3 rings (SSSR count). The van der Waals surface area contributed by atoms with Crippen LogP contribution >= 0.6 is 0 Å². The highest BCUT2D eigenvalue weighted by atomic mass is 19.1. The van der Waals surface area contributed by atoms with Crippen molar-refractivity contribution in [1.82, 2.24) is 9.55 Å². The van der Waals surface area contributed by atoms with E-state index >= 15 is 0 Å². The molecule has 1 heterocycles. The average molecular weight is 343 g/mol. The first kappa shape index (κ1) is 16.4. The van der Waals surface area contributed by atoms with Gasteiger partial charge in [0.05, 0.1) is 18.0 Å². The summed E-state index contributed by atoms with van der Waals surface area (Å²) in [5, 5.41) is 2.73. The Morgan fingerprint density at radius 3 is 2.72 bits per heavy atom. The summed E-state index contributed by atoms with van der Waals surface area (Å²) in [6, 6.07) is 10.4. The smallest absolute Gasteiger partial charge is 0.329 e. The quantitative estimate of drug-likeness (QED) is 0.750. The maximum absolute atomic E-state index is 13.6. The SMILES string of the molecule is COc1ccc(NC(=O)Cn2c(=O)[nH]c3ccccc3c2=O)cc1F. The van der Waals surface area contributed by atoms with Crippen molar-refractivity contribution in [1.29, 1.82) is 0 Å². The van der Waals surface area contributed by atoms with Gasteiger partial charge in [0.2, 0.25) is 5.91 Å². The number of halogens is 1. The molecule has 128 valence electrons. The Morgan fingerprint density at radius 2 is 2.00 bits per heavy atom. The van der Waals surface area contributed by atoms with Gasteiger partial charge < -0.3 is 15.0 Å². The third-order valence-electron chi connectivity index (χ3n) is 3.63. The minimum absolute atomic E-state index is 0.0418. The van der Waals surface area contributed by atoms with Crippen LogP contribution in [0, 0.1) is 5.82 Å². The predicted octanol–water partition coefficient (Wildman–Crippen LogP) is 1.48. The Balaban J connectivity index is 1.86. The van der Waals surface area contributed by atoms with Gasteiger partial charge in [-0.25, -0.2) is 9.18 Å². The predicted molar refractivity (Wildman–Crippen MR) is 90.4 cm³/mol. The number of nitrogens with zero attached hydrogens (tertiary/aromatic N) is 1. The van der Waals surface area contributed by atoms with E-state index in [-0.39, 0.29) is 11.4 Å². The van der Waals surface area contributed by atoms with E-state index in [2.05, 4.69) is 10.3 Å². The van der Waals surface area contributed by atoms with Gasteiger partial charge in [-0.05, 0) is 24.3 Å². The summed E-state index contributed by atoms with van der Waals surface area (Å²) >= 11 is 0. The van der Waals surface area contributed by atoms with Gasteiger partial charge in [0.25, 0.3) is 5.56 Å². The number of para-hydroxylation sites is 1. The number of fused-ring (bicyclic) bond motifs is 1. The molecule has 1 aromatic heterocycles. The van der Waals surface area contributed by atoms with Crippen molar-refractivity contribution in [2.45, 2.75) is 6.54 Å². The molecule has 0 atom stereocenters. The summed E-state index contributed by atoms with van der Waals surface area (Å²) in [5.41, 5.74) is -0.685. The van der Waals surface area contributed by atoms with E-state index in [0.717, 1.165) is 10.6 Å². The van der Waals surface area contributed by atoms with Gasteiger partial charge in [-0.15, -0.1) is 0 Å². The normalized spacial score (nSPS) is 10.6. The van der Waals surface area contributed by atoms with Crippen LogP contribution in [-0.2, 0) is 11.3 Å². The van der Waals surface area contributed by atoms with Crippen molar-refractivity contribution in [3.05, 3.63) is 69.1 Å². The maximum Gasteiger partial charge on any atom is 0.329 e. The Bertz CT molecular complexity index is 1070. The Morgan fingerprint density at radius 1 is 1.24 bits per heavy atom. The highest BCUT2D eigenvalue weighted by Gasteiger charge is 2.12. The second-order valence-corrected chi connectivity index (χ2v) is 5.26. The monoisotopic (exact) mass is 343 g/mol. The highest BCUT2D eigenvalue weighted by Crippen LogP contribution is 2.20. The second-order valence-electron chi connectivity index (χ2n) is 5.26. The van der Waals surface area contributed by atoms with E-state index in [1.54, 1.807) is 24.3 Å². The number of amides is 1. The molecule has 25 heavy (non-hydrogen) atoms. The maximum atomic E-state index is 13.6. The van der Waals surface area contributed by atoms with Crippen LogP contribution in [0.2, 0.25) is 0 Å². The molecule has 3 aromatic rings. The van der Waals surface area contributed by atoms with Gasteiger partial charge in [-0.2, -0.15) is 0 Å². The number of anilines is 1. The van der Waals surface area contributed by atoms with Gasteiger partial charge in [0.15, 0.2) is 11.6 Å². The standard InChI is InChI=1S/C17H14FN3O4/c1-25-14-7-6-10(8-12(14)18)19-15(22)9-21-16(23)11-4-2-3-5-13(11)20-17(21)24/h2-8H,9H2,1H3,(H,19,22)(H,20,24). The van der Waals surface area contributed by atoms with Crippen molar-refractivity contribution in [2.75, 3.05) is 12.4 Å². The number of H-pyrrole nitrogens is 1. The summed E-state index contributed by atoms with van der Waals surface area (Å²) in [6.45, 7) is -0.493. The van der Waals surface area contributed by atoms with Gasteiger partial charge in [-0.3, -0.25) is 14.2 Å². The first-order chi connectivity index (χ1) is 12.0. The van der Waals surface area contributed by atoms with Gasteiger partial charge >= 0.3 is 5.69 Å². The Labute approximate surface area is 140 Å². The molecular formula is C17H14FN3O4. The van der Waals surface area contributed by atoms with E-state index in [0.29, 0.717) is 10.9 Å². The molecule has 2 N–H and O–H groups in total. The summed E-state index contributed by atoms with van der Waals surface area (Å²) in [6.07, 6.45) is 0. The number of methoxy groups -OCH3 is 1. The lowest BCUT2D eigenvalue weighted by Crippen LogP contribution is -2.38. The van der Waals surface area contributed by atoms with Crippen LogP contribution in [0.5, 0.6) is 5.75 Å². The Kier molecular flexibility index (Phi) is 4.34. The van der Waals surface area contributed by atoms with Crippen LogP contribution in [-0.4, -0.2) is 22.6 Å². The summed E-state index contributed by atoms with van der Waals surface area (Å²) < 4.78 is 19.2. The molecule has 0 aliphatic heterocycles. The fourth-order valence-corrected chi connectivity index (χ4v) is 2.43. The number of rotatable bonds is 4. The molecule has 2 aromatic carbocycles. The van der Waals surface area contributed by atoms with E-state index in [9.17, 15) is 18.8 Å². The topological polar surface area (TPSA) is 93.2 Å². The molecule has 0 fully saturated rings. The number of carbonyl (C=O) groups excluding carboxylic acids is 1. The lowest BCUT2D eigenvalue weighted by Gasteiger charge is -2.09. The molecule has 0 aliphatic carbocycles. The molecule has 7 nitrogen and oxygen atoms in total. The zero-order valence-corrected chi connectivity index (χ0v) is 13.2. The fourth-order valence-electron chi connectivity index (χ4n) is 2.43. The van der Waals surface area contributed by atoms with Gasteiger partial charge in [-0.1, -0.05) is 12.1 Å². The zero-order chi connectivity index (χ0) is 18.0. The summed E-state index contributed by atoms with van der Waals surface area (Å²) in [4.78, 5) is 39.0. The minimum atomic E-state index is -0.695. The molecule has 0 bridgehead atoms. The molecular weight excluding hydrogens is 329 g/mol. The number of hydrogen-bond donors (Lipinski definition) is 2. The number of benzene rings is 2. The van der Waals surface area contributed by atoms with Crippen molar-refractivity contribution >= 4 is 22.5 Å². The molecule has 0 saturated heterocycles. The first-order valence-electron chi connectivity index (χ1n) is 7.35. The molecule has 1 amide bonds. The van der Waals surface area contributed by atoms with Gasteiger partial charge in [0, 0.05) is 11.8 Å². The van der Waals surface area contributed by atoms with Crippen LogP contribution in [0.15, 0.2) is 52.1 Å². The number of nitrogens with one attached hydrogen (secondary N) is 2. The van der Waals surface area contributed by atoms with E-state index in [4.69, 9.17) is 4.74 Å². The second kappa shape index (κ2) is 6.60. The van der Waals surface area contributed by atoms with Crippen LogP contribution in [0.1, 0.15) is 0 Å². The molecule has 0 aliphatic rings. The van der Waals surface area contributed by atoms with Crippen molar-refractivity contribution in [3.8, 4) is 5.75 Å². The van der Waals surface area contributed by atoms with Crippen molar-refractivity contribution in [3.63, 3.8) is 0 Å². The van der Waals surface area contributed by atoms with Crippen LogP contribution in [0.3, 0.4) is 0 Å². The molecule has 0 spiro atoms. The Hall–Kier alpha value is -3.42. The van der Waals surface area contributed by atoms with Crippen molar-refractivity contribution < 1.29 is 13.9 Å². The number of hydrogen-bond acceptors (Lipinski definition) is 4. The van der Waals surface area contributed by atoms with Crippen molar-refractivity contribution in [2.24, 2.45) is 0 Å². The number of aromatic amines is 1. The van der Waals surface area contributed by atoms with Crippen LogP contribution in [0.4, 0.5) is 10.1 Å². The highest BCUT2D eigenvalue weighted by molar-refractivity contribution is 5.90. The lowest BCUT2D eigenvalue weighted by molar-refractivity contribution is -0.116. The molecule has 0 saturated carbocycles. The largest absolute Gasteiger partial charge is 0.494 e. The van der Waals surface area contributed by atoms with Crippen LogP contribution < -0.4 is 21.3 Å². The van der Waals surface area contributed by atoms with Gasteiger partial charge in [0.1, 0.15) is 6.54 Å². The van der Waals surface area contributed by atoms with E-state index in [1.165, 1.54) is 19.2 Å². The summed E-state index contributed by atoms with van der Waals surface area (Å²) in [7, 11) is 1.33. The van der Waals surface area contributed by atoms with E-state index in [1.807, 2.05) is 0 Å². The number of ether oxygens (including phenoxy) is 1. The molecule has 8 heteroatoms. The molecule has 0 unspecified atom stereocenters. The first-order valence-corrected chi connectivity index (χ1v) is 7.35. The number of aromatic nitrogens is 2. The fraction of sp³-hybridized carbons (Fsp3) is 0.118. The minimum Gasteiger partial charge on any atom is -0.494 e. The number of carbonyl (C=O) groups is 1. The zero-order valence-electron chi connectivity index (χ0n) is 13.2. The molecule has 0 radical (unpaired) electrons. The van der Waals surface area contributed by atoms with Crippen LogP contribution in [0.25, 0.3) is 10.9 Å².